The van der Waals surface area contributed by atoms with Crippen molar-refractivity contribution >= 4 is 0 Å². The molecule has 0 aromatic heterocycles. The van der Waals surface area contributed by atoms with E-state index in [2.05, 4.69) is 0 Å². The molecule has 0 aromatic carbocycles. The molecule has 2 aliphatic carbocycles. The average Bonchev–Trinajstić information content (AvgIpc) is 2.23. The van der Waals surface area contributed by atoms with Gasteiger partial charge in [0.15, 0.2) is 0 Å². The molecule has 8 heavy (non-hydrogen) atoms. The molecule has 0 amide bonds. The van der Waals surface area contributed by atoms with E-state index in [1.807, 2.05) is 6.08 Å². The number of aliphatic hydroxyl groups excluding tert-OH is 1. The summed E-state index contributed by atoms with van der Waals surface area (Å²) in [7, 11) is 0. The molecule has 44 valence electrons. The van der Waals surface area contributed by atoms with Gasteiger partial charge in [0, 0.05) is 5.92 Å². The maximum Gasteiger partial charge on any atom is 0.0916 e. The first-order valence-electron chi connectivity index (χ1n) is 3.27. The third-order valence-corrected chi connectivity index (χ3v) is 2.30. The van der Waals surface area contributed by atoms with Crippen LogP contribution in [0, 0.1) is 11.8 Å². The van der Waals surface area contributed by atoms with E-state index >= 15 is 0 Å². The van der Waals surface area contributed by atoms with Crippen molar-refractivity contribution in [1.29, 1.82) is 0 Å². The van der Waals surface area contributed by atoms with Gasteiger partial charge in [0.25, 0.3) is 0 Å². The quantitative estimate of drug-likeness (QED) is 0.504. The lowest BCUT2D eigenvalue weighted by Crippen LogP contribution is -1.94. The molecule has 1 nitrogen and oxygen atoms in total. The number of allylic oxidation sites excluding steroid dienone is 2. The second-order valence-electron chi connectivity index (χ2n) is 2.86. The summed E-state index contributed by atoms with van der Waals surface area (Å²) in [4.78, 5) is 0. The minimum atomic E-state index is 0.556. The van der Waals surface area contributed by atoms with Crippen LogP contribution in [0.2, 0.25) is 0 Å². The first-order valence-corrected chi connectivity index (χ1v) is 3.27. The molecule has 2 rings (SSSR count). The lowest BCUT2D eigenvalue weighted by atomic mass is 10.1. The maximum atomic E-state index is 9.08. The zero-order chi connectivity index (χ0) is 5.56. The highest BCUT2D eigenvalue weighted by Crippen LogP contribution is 2.42. The van der Waals surface area contributed by atoms with Crippen LogP contribution >= 0.6 is 0 Å². The Labute approximate surface area is 49.0 Å². The summed E-state index contributed by atoms with van der Waals surface area (Å²) in [6.07, 6.45) is 5.79. The van der Waals surface area contributed by atoms with Crippen molar-refractivity contribution in [2.24, 2.45) is 11.8 Å². The Morgan fingerprint density at radius 1 is 1.50 bits per heavy atom. The zero-order valence-electron chi connectivity index (χ0n) is 4.80. The lowest BCUT2D eigenvalue weighted by molar-refractivity contribution is 0.339. The molecule has 1 unspecified atom stereocenters. The number of aliphatic hydroxyl groups is 1. The topological polar surface area (TPSA) is 20.2 Å². The first-order chi connectivity index (χ1) is 3.86. The van der Waals surface area contributed by atoms with Crippen molar-refractivity contribution in [2.75, 3.05) is 0 Å². The zero-order valence-corrected chi connectivity index (χ0v) is 4.80. The summed E-state index contributed by atoms with van der Waals surface area (Å²) < 4.78 is 0. The number of rotatable bonds is 0. The lowest BCUT2D eigenvalue weighted by Gasteiger charge is -2.04. The summed E-state index contributed by atoms with van der Waals surface area (Å²) in [6.45, 7) is 0. The predicted octanol–water partition coefficient (Wildman–Crippen LogP) is 1.86. The van der Waals surface area contributed by atoms with Gasteiger partial charge in [-0.3, -0.25) is 0 Å². The van der Waals surface area contributed by atoms with E-state index in [1.54, 1.807) is 0 Å². The largest absolute Gasteiger partial charge is 0.512 e. The highest BCUT2D eigenvalue weighted by Gasteiger charge is 2.32. The van der Waals surface area contributed by atoms with Crippen LogP contribution in [-0.2, 0) is 0 Å². The summed E-state index contributed by atoms with van der Waals surface area (Å²) in [5.74, 6) is 1.96. The van der Waals surface area contributed by atoms with E-state index in [0.29, 0.717) is 11.7 Å². The fraction of sp³-hybridized carbons (Fsp3) is 0.714. The van der Waals surface area contributed by atoms with Crippen molar-refractivity contribution < 1.29 is 5.11 Å². The molecule has 1 fully saturated rings. The third kappa shape index (κ3) is 0.417. The van der Waals surface area contributed by atoms with Crippen LogP contribution in [0.1, 0.15) is 19.3 Å². The Morgan fingerprint density at radius 3 is 2.62 bits per heavy atom. The monoisotopic (exact) mass is 110 g/mol. The van der Waals surface area contributed by atoms with Gasteiger partial charge in [0.1, 0.15) is 0 Å². The van der Waals surface area contributed by atoms with E-state index in [1.165, 1.54) is 19.3 Å². The summed E-state index contributed by atoms with van der Waals surface area (Å²) in [5, 5.41) is 9.08. The second kappa shape index (κ2) is 1.28. The third-order valence-electron chi connectivity index (χ3n) is 2.30. The van der Waals surface area contributed by atoms with Crippen molar-refractivity contribution in [3.8, 4) is 0 Å². The van der Waals surface area contributed by atoms with Gasteiger partial charge in [-0.25, -0.2) is 0 Å². The minimum Gasteiger partial charge on any atom is -0.512 e. The van der Waals surface area contributed by atoms with E-state index < -0.39 is 0 Å². The van der Waals surface area contributed by atoms with Gasteiger partial charge in [-0.1, -0.05) is 0 Å². The van der Waals surface area contributed by atoms with E-state index in [-0.39, 0.29) is 0 Å². The fourth-order valence-corrected chi connectivity index (χ4v) is 1.81. The van der Waals surface area contributed by atoms with Crippen LogP contribution in [0.25, 0.3) is 0 Å². The van der Waals surface area contributed by atoms with Gasteiger partial charge in [-0.05, 0) is 31.3 Å². The number of fused-ring (bicyclic) bond motifs is 2. The van der Waals surface area contributed by atoms with E-state index in [4.69, 9.17) is 5.11 Å². The predicted molar refractivity (Wildman–Crippen MR) is 31.5 cm³/mol. The molecular formula is C7H10O. The molecule has 1 heteroatoms. The second-order valence-corrected chi connectivity index (χ2v) is 2.86. The van der Waals surface area contributed by atoms with Crippen molar-refractivity contribution in [3.05, 3.63) is 11.8 Å². The van der Waals surface area contributed by atoms with Gasteiger partial charge < -0.3 is 5.11 Å². The molecule has 2 aliphatic rings. The Balaban J connectivity index is 2.29. The first kappa shape index (κ1) is 4.42. The van der Waals surface area contributed by atoms with Crippen molar-refractivity contribution in [3.63, 3.8) is 0 Å². The summed E-state index contributed by atoms with van der Waals surface area (Å²) >= 11 is 0. The van der Waals surface area contributed by atoms with Crippen LogP contribution in [0.15, 0.2) is 11.8 Å². The van der Waals surface area contributed by atoms with Crippen LogP contribution in [0.3, 0.4) is 0 Å². The highest BCUT2D eigenvalue weighted by molar-refractivity contribution is 5.12. The van der Waals surface area contributed by atoms with Crippen molar-refractivity contribution in [1.82, 2.24) is 0 Å². The number of hydrogen-bond donors (Lipinski definition) is 1. The maximum absolute atomic E-state index is 9.08. The van der Waals surface area contributed by atoms with E-state index in [9.17, 15) is 0 Å². The molecule has 0 aromatic rings. The number of hydrogen-bond acceptors (Lipinski definition) is 1. The van der Waals surface area contributed by atoms with Crippen molar-refractivity contribution in [2.45, 2.75) is 19.3 Å². The minimum absolute atomic E-state index is 0.556. The van der Waals surface area contributed by atoms with E-state index in [0.717, 1.165) is 5.92 Å². The molecule has 2 bridgehead atoms. The Morgan fingerprint density at radius 2 is 2.38 bits per heavy atom. The van der Waals surface area contributed by atoms with Gasteiger partial charge in [-0.15, -0.1) is 0 Å². The van der Waals surface area contributed by atoms with Crippen LogP contribution < -0.4 is 0 Å². The van der Waals surface area contributed by atoms with Gasteiger partial charge in [-0.2, -0.15) is 0 Å². The molecule has 2 atom stereocenters. The molecule has 1 N–H and O–H groups in total. The molecular weight excluding hydrogens is 100 g/mol. The average molecular weight is 110 g/mol. The van der Waals surface area contributed by atoms with Crippen LogP contribution in [0.4, 0.5) is 0 Å². The normalized spacial score (nSPS) is 42.8. The fourth-order valence-electron chi connectivity index (χ4n) is 1.81. The molecule has 0 radical (unpaired) electrons. The van der Waals surface area contributed by atoms with Gasteiger partial charge in [0.05, 0.1) is 5.76 Å². The molecule has 1 saturated carbocycles. The Kier molecular flexibility index (Phi) is 0.706. The smallest absolute Gasteiger partial charge is 0.0916 e. The summed E-state index contributed by atoms with van der Waals surface area (Å²) in [6, 6.07) is 0. The van der Waals surface area contributed by atoms with Gasteiger partial charge >= 0.3 is 0 Å². The Bertz CT molecular complexity index is 137. The Hall–Kier alpha value is -0.460. The van der Waals surface area contributed by atoms with Crippen LogP contribution in [-0.4, -0.2) is 5.11 Å². The molecule has 0 saturated heterocycles. The molecule has 0 aliphatic heterocycles. The van der Waals surface area contributed by atoms with Gasteiger partial charge in [0.2, 0.25) is 0 Å². The molecule has 0 spiro atoms. The SMILES string of the molecule is OC1=CC2CC[C@H]1C2. The molecule has 0 heterocycles. The summed E-state index contributed by atoms with van der Waals surface area (Å²) in [5.41, 5.74) is 0. The standard InChI is InChI=1S/C7H10O/c8-7-4-5-1-2-6(7)3-5/h4-6,8H,1-3H2/t5?,6-/m0/s1. The highest BCUT2D eigenvalue weighted by atomic mass is 16.3. The van der Waals surface area contributed by atoms with Crippen LogP contribution in [0.5, 0.6) is 0 Å².